The van der Waals surface area contributed by atoms with Crippen molar-refractivity contribution in [2.45, 2.75) is 19.4 Å². The number of halogens is 1. The highest BCUT2D eigenvalue weighted by Crippen LogP contribution is 2.08. The number of nitrogens with one attached hydrogen (secondary N) is 3. The zero-order valence-corrected chi connectivity index (χ0v) is 11.2. The van der Waals surface area contributed by atoms with Crippen LogP contribution in [-0.4, -0.2) is 28.5 Å². The molecule has 0 saturated heterocycles. The second-order valence-electron chi connectivity index (χ2n) is 4.53. The number of anilines is 1. The molecule has 0 saturated carbocycles. The lowest BCUT2D eigenvalue weighted by atomic mass is 10.2. The number of rotatable bonds is 6. The fraction of sp³-hybridized carbons (Fsp3) is 0.286. The molecule has 20 heavy (non-hydrogen) atoms. The minimum atomic E-state index is -0.274. The third-order valence-corrected chi connectivity index (χ3v) is 2.80. The lowest BCUT2D eigenvalue weighted by Crippen LogP contribution is -2.40. The van der Waals surface area contributed by atoms with Crippen molar-refractivity contribution in [2.75, 3.05) is 11.9 Å². The van der Waals surface area contributed by atoms with Gasteiger partial charge in [0.05, 0.1) is 6.04 Å². The van der Waals surface area contributed by atoms with Crippen LogP contribution >= 0.6 is 0 Å². The summed E-state index contributed by atoms with van der Waals surface area (Å²) >= 11 is 0. The van der Waals surface area contributed by atoms with Crippen molar-refractivity contribution in [1.82, 2.24) is 15.3 Å². The van der Waals surface area contributed by atoms with Crippen LogP contribution < -0.4 is 10.6 Å². The lowest BCUT2D eigenvalue weighted by molar-refractivity contribution is -0.119. The highest BCUT2D eigenvalue weighted by molar-refractivity contribution is 5.73. The van der Waals surface area contributed by atoms with Crippen molar-refractivity contribution < 1.29 is 9.18 Å². The number of carbonyl (C=O) groups excluding carboxylic acids is 1. The van der Waals surface area contributed by atoms with Crippen molar-refractivity contribution in [3.8, 4) is 0 Å². The molecular formula is C14H17FN4O. The summed E-state index contributed by atoms with van der Waals surface area (Å²) in [5.41, 5.74) is 0.807. The number of hydrogen-bond acceptors (Lipinski definition) is 3. The van der Waals surface area contributed by atoms with E-state index in [1.807, 2.05) is 0 Å². The van der Waals surface area contributed by atoms with Gasteiger partial charge in [0.2, 0.25) is 5.91 Å². The van der Waals surface area contributed by atoms with Crippen LogP contribution in [0.2, 0.25) is 0 Å². The van der Waals surface area contributed by atoms with E-state index in [2.05, 4.69) is 20.6 Å². The van der Waals surface area contributed by atoms with Gasteiger partial charge in [-0.2, -0.15) is 0 Å². The minimum Gasteiger partial charge on any atom is -0.383 e. The van der Waals surface area contributed by atoms with Gasteiger partial charge in [0.1, 0.15) is 11.6 Å². The molecule has 1 atom stereocenters. The summed E-state index contributed by atoms with van der Waals surface area (Å²) in [6.07, 6.45) is 4.02. The third-order valence-electron chi connectivity index (χ3n) is 2.80. The maximum Gasteiger partial charge on any atom is 0.217 e. The lowest BCUT2D eigenvalue weighted by Gasteiger charge is -2.18. The number of aromatic amines is 1. The standard InChI is InChI=1S/C14H17FN4O/c1-10(20)19-13(8-14-16-6-7-17-14)9-18-12-4-2-11(15)3-5-12/h2-7,13,18H,8-9H2,1H3,(H,16,17)(H,19,20). The summed E-state index contributed by atoms with van der Waals surface area (Å²) in [6.45, 7) is 2.01. The van der Waals surface area contributed by atoms with Gasteiger partial charge in [-0.1, -0.05) is 0 Å². The summed E-state index contributed by atoms with van der Waals surface area (Å²) in [5.74, 6) is 0.441. The van der Waals surface area contributed by atoms with E-state index in [0.29, 0.717) is 13.0 Å². The van der Waals surface area contributed by atoms with Crippen LogP contribution in [0.4, 0.5) is 10.1 Å². The normalized spacial score (nSPS) is 11.9. The SMILES string of the molecule is CC(=O)NC(CNc1ccc(F)cc1)Cc1ncc[nH]1. The smallest absolute Gasteiger partial charge is 0.217 e. The Labute approximate surface area is 116 Å². The Kier molecular flexibility index (Phi) is 4.70. The summed E-state index contributed by atoms with van der Waals surface area (Å²) < 4.78 is 12.8. The fourth-order valence-corrected chi connectivity index (χ4v) is 1.91. The zero-order valence-electron chi connectivity index (χ0n) is 11.2. The van der Waals surface area contributed by atoms with E-state index in [4.69, 9.17) is 0 Å². The van der Waals surface area contributed by atoms with Gasteiger partial charge >= 0.3 is 0 Å². The van der Waals surface area contributed by atoms with Crippen LogP contribution in [0, 0.1) is 5.82 Å². The largest absolute Gasteiger partial charge is 0.383 e. The Balaban J connectivity index is 1.93. The van der Waals surface area contributed by atoms with Gasteiger partial charge in [-0.05, 0) is 24.3 Å². The number of hydrogen-bond donors (Lipinski definition) is 3. The van der Waals surface area contributed by atoms with E-state index in [0.717, 1.165) is 11.5 Å². The van der Waals surface area contributed by atoms with E-state index in [9.17, 15) is 9.18 Å². The van der Waals surface area contributed by atoms with Crippen LogP contribution in [0.25, 0.3) is 0 Å². The highest BCUT2D eigenvalue weighted by atomic mass is 19.1. The molecule has 5 nitrogen and oxygen atoms in total. The Morgan fingerprint density at radius 2 is 2.15 bits per heavy atom. The quantitative estimate of drug-likeness (QED) is 0.752. The molecule has 3 N–H and O–H groups in total. The topological polar surface area (TPSA) is 69.8 Å². The molecule has 1 aromatic carbocycles. The molecule has 0 aliphatic carbocycles. The average Bonchev–Trinajstić information content (AvgIpc) is 2.90. The molecule has 0 bridgehead atoms. The molecule has 1 unspecified atom stereocenters. The third kappa shape index (κ3) is 4.38. The Morgan fingerprint density at radius 3 is 2.75 bits per heavy atom. The van der Waals surface area contributed by atoms with Crippen LogP contribution in [0.5, 0.6) is 0 Å². The molecule has 1 amide bonds. The van der Waals surface area contributed by atoms with Crippen molar-refractivity contribution in [3.63, 3.8) is 0 Å². The fourth-order valence-electron chi connectivity index (χ4n) is 1.91. The van der Waals surface area contributed by atoms with Crippen LogP contribution in [-0.2, 0) is 11.2 Å². The first kappa shape index (κ1) is 14.0. The first-order valence-electron chi connectivity index (χ1n) is 6.38. The Morgan fingerprint density at radius 1 is 1.40 bits per heavy atom. The van der Waals surface area contributed by atoms with Crippen molar-refractivity contribution >= 4 is 11.6 Å². The monoisotopic (exact) mass is 276 g/mol. The van der Waals surface area contributed by atoms with Gasteiger partial charge in [-0.25, -0.2) is 9.37 Å². The van der Waals surface area contributed by atoms with Crippen molar-refractivity contribution in [3.05, 3.63) is 48.3 Å². The maximum absolute atomic E-state index is 12.8. The molecule has 2 aromatic rings. The summed E-state index contributed by atoms with van der Waals surface area (Å²) in [6, 6.07) is 6.01. The number of imidazole rings is 1. The molecule has 6 heteroatoms. The Bertz CT molecular complexity index is 539. The average molecular weight is 276 g/mol. The molecule has 1 aromatic heterocycles. The molecular weight excluding hydrogens is 259 g/mol. The molecule has 2 rings (SSSR count). The highest BCUT2D eigenvalue weighted by Gasteiger charge is 2.12. The molecule has 0 aliphatic rings. The van der Waals surface area contributed by atoms with E-state index in [-0.39, 0.29) is 17.8 Å². The zero-order chi connectivity index (χ0) is 14.4. The van der Waals surface area contributed by atoms with Crippen LogP contribution in [0.1, 0.15) is 12.7 Å². The number of nitrogens with zero attached hydrogens (tertiary/aromatic N) is 1. The van der Waals surface area contributed by atoms with Gasteiger partial charge in [-0.3, -0.25) is 4.79 Å². The van der Waals surface area contributed by atoms with Crippen LogP contribution in [0.15, 0.2) is 36.7 Å². The van der Waals surface area contributed by atoms with E-state index in [1.165, 1.54) is 19.1 Å². The summed E-state index contributed by atoms with van der Waals surface area (Å²) in [5, 5.41) is 6.03. The molecule has 106 valence electrons. The first-order valence-corrected chi connectivity index (χ1v) is 6.38. The minimum absolute atomic E-state index is 0.0938. The van der Waals surface area contributed by atoms with Gasteiger partial charge < -0.3 is 15.6 Å². The summed E-state index contributed by atoms with van der Waals surface area (Å²) in [7, 11) is 0. The molecule has 0 spiro atoms. The maximum atomic E-state index is 12.8. The van der Waals surface area contributed by atoms with E-state index < -0.39 is 0 Å². The van der Waals surface area contributed by atoms with Gasteiger partial charge in [0.15, 0.2) is 0 Å². The van der Waals surface area contributed by atoms with Crippen LogP contribution in [0.3, 0.4) is 0 Å². The van der Waals surface area contributed by atoms with E-state index in [1.54, 1.807) is 24.5 Å². The number of aromatic nitrogens is 2. The predicted molar refractivity (Wildman–Crippen MR) is 74.8 cm³/mol. The van der Waals surface area contributed by atoms with E-state index >= 15 is 0 Å². The van der Waals surface area contributed by atoms with Gasteiger partial charge in [0, 0.05) is 38.0 Å². The second-order valence-corrected chi connectivity index (χ2v) is 4.53. The molecule has 0 fully saturated rings. The first-order chi connectivity index (χ1) is 9.63. The molecule has 0 radical (unpaired) electrons. The van der Waals surface area contributed by atoms with Gasteiger partial charge in [0.25, 0.3) is 0 Å². The molecule has 1 heterocycles. The van der Waals surface area contributed by atoms with Gasteiger partial charge in [-0.15, -0.1) is 0 Å². The number of carbonyl (C=O) groups is 1. The summed E-state index contributed by atoms with van der Waals surface area (Å²) in [4.78, 5) is 18.4. The number of H-pyrrole nitrogens is 1. The number of benzene rings is 1. The van der Waals surface area contributed by atoms with Crippen molar-refractivity contribution in [2.24, 2.45) is 0 Å². The van der Waals surface area contributed by atoms with Crippen molar-refractivity contribution in [1.29, 1.82) is 0 Å². The predicted octanol–water partition coefficient (Wildman–Crippen LogP) is 1.71. The second kappa shape index (κ2) is 6.70. The number of amides is 1. The Hall–Kier alpha value is -2.37. The molecule has 0 aliphatic heterocycles.